The number of hydrogen-bond donors (Lipinski definition) is 1. The molecule has 0 aliphatic rings. The van der Waals surface area contributed by atoms with Gasteiger partial charge in [0.2, 0.25) is 0 Å². The molecule has 4 heteroatoms. The summed E-state index contributed by atoms with van der Waals surface area (Å²) in [5.41, 5.74) is 8.28. The van der Waals surface area contributed by atoms with E-state index >= 15 is 0 Å². The second kappa shape index (κ2) is 5.02. The van der Waals surface area contributed by atoms with Crippen molar-refractivity contribution in [1.82, 2.24) is 4.98 Å². The molecule has 0 aliphatic heterocycles. The van der Waals surface area contributed by atoms with E-state index in [9.17, 15) is 0 Å². The lowest BCUT2D eigenvalue weighted by Crippen LogP contribution is -2.14. The normalized spacial score (nSPS) is 11.8. The molecule has 0 fully saturated rings. The summed E-state index contributed by atoms with van der Waals surface area (Å²) in [6.45, 7) is 6.51. The number of rotatable bonds is 2. The predicted molar refractivity (Wildman–Crippen MR) is 82.2 cm³/mol. The molecule has 0 spiro atoms. The van der Waals surface area contributed by atoms with Crippen LogP contribution in [-0.4, -0.2) is 4.98 Å². The van der Waals surface area contributed by atoms with Crippen molar-refractivity contribution in [3.05, 3.63) is 44.9 Å². The van der Waals surface area contributed by atoms with Gasteiger partial charge in [0, 0.05) is 21.2 Å². The average Bonchev–Trinajstić information content (AvgIpc) is 2.63. The van der Waals surface area contributed by atoms with Gasteiger partial charge in [-0.15, -0.1) is 11.3 Å². The van der Waals surface area contributed by atoms with Crippen LogP contribution in [0.3, 0.4) is 0 Å². The maximum atomic E-state index is 5.86. The van der Waals surface area contributed by atoms with E-state index in [2.05, 4.69) is 59.9 Å². The Morgan fingerprint density at radius 3 is 2.56 bits per heavy atom. The van der Waals surface area contributed by atoms with Crippen molar-refractivity contribution in [3.63, 3.8) is 0 Å². The molecule has 0 bridgehead atoms. The van der Waals surface area contributed by atoms with Gasteiger partial charge in [0.1, 0.15) is 0 Å². The third kappa shape index (κ3) is 2.93. The van der Waals surface area contributed by atoms with Crippen molar-refractivity contribution in [2.75, 3.05) is 5.73 Å². The van der Waals surface area contributed by atoms with E-state index in [0.29, 0.717) is 5.13 Å². The lowest BCUT2D eigenvalue weighted by molar-refractivity contribution is 0.568. The second-order valence-electron chi connectivity index (χ2n) is 5.34. The van der Waals surface area contributed by atoms with E-state index in [0.717, 1.165) is 16.6 Å². The largest absolute Gasteiger partial charge is 0.375 e. The molecule has 1 aromatic carbocycles. The first-order valence-electron chi connectivity index (χ1n) is 5.87. The van der Waals surface area contributed by atoms with Gasteiger partial charge in [-0.25, -0.2) is 4.98 Å². The Balaban J connectivity index is 2.38. The molecule has 0 aliphatic carbocycles. The molecule has 0 amide bonds. The van der Waals surface area contributed by atoms with Crippen LogP contribution in [0.25, 0.3) is 0 Å². The summed E-state index contributed by atoms with van der Waals surface area (Å²) in [5.74, 6) is 0. The molecule has 0 atom stereocenters. The van der Waals surface area contributed by atoms with Crippen LogP contribution in [-0.2, 0) is 11.8 Å². The molecule has 18 heavy (non-hydrogen) atoms. The van der Waals surface area contributed by atoms with Crippen molar-refractivity contribution in [3.8, 4) is 0 Å². The van der Waals surface area contributed by atoms with E-state index in [1.54, 1.807) is 11.3 Å². The van der Waals surface area contributed by atoms with Crippen molar-refractivity contribution < 1.29 is 0 Å². The van der Waals surface area contributed by atoms with Crippen molar-refractivity contribution >= 4 is 32.4 Å². The number of nitrogens with zero attached hydrogens (tertiary/aromatic N) is 1. The number of nitrogen functional groups attached to an aromatic ring is 1. The molecule has 0 radical (unpaired) electrons. The summed E-state index contributed by atoms with van der Waals surface area (Å²) in [6, 6.07) is 8.28. The maximum absolute atomic E-state index is 5.86. The smallest absolute Gasteiger partial charge is 0.180 e. The van der Waals surface area contributed by atoms with Gasteiger partial charge in [-0.05, 0) is 11.6 Å². The SMILES string of the molecule is CC(C)(C)c1nc(N)sc1Cc1ccccc1Br. The quantitative estimate of drug-likeness (QED) is 0.890. The van der Waals surface area contributed by atoms with Gasteiger partial charge in [0.15, 0.2) is 5.13 Å². The Labute approximate surface area is 120 Å². The van der Waals surface area contributed by atoms with E-state index < -0.39 is 0 Å². The molecule has 2 nitrogen and oxygen atoms in total. The highest BCUT2D eigenvalue weighted by atomic mass is 79.9. The number of aromatic nitrogens is 1. The second-order valence-corrected chi connectivity index (χ2v) is 7.31. The molecule has 2 N–H and O–H groups in total. The highest BCUT2D eigenvalue weighted by Gasteiger charge is 2.22. The Bertz CT molecular complexity index is 555. The van der Waals surface area contributed by atoms with E-state index in [-0.39, 0.29) is 5.41 Å². The van der Waals surface area contributed by atoms with E-state index in [1.807, 2.05) is 6.07 Å². The molecule has 0 saturated heterocycles. The summed E-state index contributed by atoms with van der Waals surface area (Å²) in [7, 11) is 0. The van der Waals surface area contributed by atoms with Gasteiger partial charge in [-0.1, -0.05) is 54.9 Å². The van der Waals surface area contributed by atoms with E-state index in [1.165, 1.54) is 10.4 Å². The number of anilines is 1. The Hall–Kier alpha value is -0.870. The van der Waals surface area contributed by atoms with Gasteiger partial charge in [-0.2, -0.15) is 0 Å². The topological polar surface area (TPSA) is 38.9 Å². The Morgan fingerprint density at radius 2 is 1.94 bits per heavy atom. The molecule has 1 aromatic heterocycles. The Morgan fingerprint density at radius 1 is 1.28 bits per heavy atom. The number of halogens is 1. The van der Waals surface area contributed by atoms with Crippen LogP contribution in [0, 0.1) is 0 Å². The first kappa shape index (κ1) is 13.6. The highest BCUT2D eigenvalue weighted by molar-refractivity contribution is 9.10. The summed E-state index contributed by atoms with van der Waals surface area (Å²) in [5, 5.41) is 0.655. The summed E-state index contributed by atoms with van der Waals surface area (Å²) >= 11 is 5.18. The van der Waals surface area contributed by atoms with Crippen molar-refractivity contribution in [2.45, 2.75) is 32.6 Å². The number of benzene rings is 1. The van der Waals surface area contributed by atoms with Gasteiger partial charge >= 0.3 is 0 Å². The number of nitrogens with two attached hydrogens (primary N) is 1. The van der Waals surface area contributed by atoms with Crippen LogP contribution in [0.15, 0.2) is 28.7 Å². The fourth-order valence-electron chi connectivity index (χ4n) is 1.89. The van der Waals surface area contributed by atoms with Crippen LogP contribution in [0.4, 0.5) is 5.13 Å². The molecule has 2 aromatic rings. The zero-order chi connectivity index (χ0) is 13.3. The Kier molecular flexibility index (Phi) is 3.78. The molecular weight excluding hydrogens is 308 g/mol. The van der Waals surface area contributed by atoms with Gasteiger partial charge in [-0.3, -0.25) is 0 Å². The fraction of sp³-hybridized carbons (Fsp3) is 0.357. The first-order valence-corrected chi connectivity index (χ1v) is 7.48. The summed E-state index contributed by atoms with van der Waals surface area (Å²) in [4.78, 5) is 5.75. The van der Waals surface area contributed by atoms with Crippen LogP contribution >= 0.6 is 27.3 Å². The predicted octanol–water partition coefficient (Wildman–Crippen LogP) is 4.38. The van der Waals surface area contributed by atoms with Crippen LogP contribution in [0.5, 0.6) is 0 Å². The molecule has 1 heterocycles. The van der Waals surface area contributed by atoms with Gasteiger partial charge in [0.25, 0.3) is 0 Å². The monoisotopic (exact) mass is 324 g/mol. The van der Waals surface area contributed by atoms with Gasteiger partial charge in [0.05, 0.1) is 5.69 Å². The fourth-order valence-corrected chi connectivity index (χ4v) is 3.38. The van der Waals surface area contributed by atoms with Crippen LogP contribution in [0.2, 0.25) is 0 Å². The minimum absolute atomic E-state index is 0.0325. The molecule has 0 unspecified atom stereocenters. The third-order valence-corrected chi connectivity index (χ3v) is 4.39. The maximum Gasteiger partial charge on any atom is 0.180 e. The average molecular weight is 325 g/mol. The molecule has 96 valence electrons. The van der Waals surface area contributed by atoms with Gasteiger partial charge < -0.3 is 5.73 Å². The third-order valence-electron chi connectivity index (χ3n) is 2.73. The minimum Gasteiger partial charge on any atom is -0.375 e. The zero-order valence-electron chi connectivity index (χ0n) is 10.8. The number of hydrogen-bond acceptors (Lipinski definition) is 3. The van der Waals surface area contributed by atoms with E-state index in [4.69, 9.17) is 5.73 Å². The first-order chi connectivity index (χ1) is 8.38. The minimum atomic E-state index is 0.0325. The zero-order valence-corrected chi connectivity index (χ0v) is 13.2. The standard InChI is InChI=1S/C14H17BrN2S/c1-14(2,3)12-11(18-13(16)17-12)8-9-6-4-5-7-10(9)15/h4-7H,8H2,1-3H3,(H2,16,17). The number of thiazole rings is 1. The molecule has 2 rings (SSSR count). The summed E-state index contributed by atoms with van der Waals surface area (Å²) in [6.07, 6.45) is 0.878. The van der Waals surface area contributed by atoms with Crippen molar-refractivity contribution in [1.29, 1.82) is 0 Å². The van der Waals surface area contributed by atoms with Crippen LogP contribution < -0.4 is 5.73 Å². The van der Waals surface area contributed by atoms with Crippen molar-refractivity contribution in [2.24, 2.45) is 0 Å². The molecule has 0 saturated carbocycles. The highest BCUT2D eigenvalue weighted by Crippen LogP contribution is 2.33. The molecular formula is C14H17BrN2S. The summed E-state index contributed by atoms with van der Waals surface area (Å²) < 4.78 is 1.14. The van der Waals surface area contributed by atoms with Crippen LogP contribution in [0.1, 0.15) is 36.9 Å². The lowest BCUT2D eigenvalue weighted by Gasteiger charge is -2.17. The lowest BCUT2D eigenvalue weighted by atomic mass is 9.90.